The van der Waals surface area contributed by atoms with Crippen molar-refractivity contribution in [2.45, 2.75) is 159 Å². The van der Waals surface area contributed by atoms with Crippen molar-refractivity contribution in [3.05, 3.63) is 211 Å². The SMILES string of the molecule is C#Cc1cc(-c2cccc(C#N)c2)nc(N)n1.CC(C)(C)[Si](C)(C)OCc1cccc(Br)n1.N#Cc1cccc(-c2cc(-c3cn(Cc4cccc(C5(O)CCC5)n4)nn3)nc(N)n2)c1.O=C1CCC1.OCc1cccc(C2(O)CCC2)n1.[N-]=[N+]=NCc1cccc(C2(O)CCC2)n1. The minimum Gasteiger partial charge on any atom is -0.411 e. The number of terminal acetylenes is 1. The first kappa shape index (κ1) is 73.8. The van der Waals surface area contributed by atoms with E-state index in [-0.39, 0.29) is 30.1 Å². The number of anilines is 2. The number of hydrogen-bond acceptors (Lipinski definition) is 21. The van der Waals surface area contributed by atoms with Gasteiger partial charge in [0.2, 0.25) is 11.9 Å². The molecule has 2 aromatic carbocycles. The molecule has 0 unspecified atom stereocenters. The van der Waals surface area contributed by atoms with Gasteiger partial charge in [-0.2, -0.15) is 10.5 Å². The van der Waals surface area contributed by atoms with E-state index in [0.29, 0.717) is 87.0 Å². The fourth-order valence-corrected chi connectivity index (χ4v) is 11.1. The molecular weight excluding hydrogens is 1320 g/mol. The van der Waals surface area contributed by atoms with Crippen molar-refractivity contribution in [1.82, 2.24) is 54.9 Å². The number of rotatable bonds is 14. The Kier molecular flexibility index (Phi) is 25.4. The summed E-state index contributed by atoms with van der Waals surface area (Å²) in [4.78, 5) is 46.6. The van der Waals surface area contributed by atoms with Crippen molar-refractivity contribution in [2.75, 3.05) is 11.5 Å². The molecule has 0 bridgehead atoms. The number of ketones is 1. The number of nitrogens with zero attached hydrogens (tertiary/aromatic N) is 16. The van der Waals surface area contributed by atoms with E-state index in [0.717, 1.165) is 104 Å². The van der Waals surface area contributed by atoms with Crippen molar-refractivity contribution in [3.63, 3.8) is 0 Å². The van der Waals surface area contributed by atoms with Crippen LogP contribution in [-0.2, 0) is 52.3 Å². The van der Waals surface area contributed by atoms with Crippen LogP contribution in [0.5, 0.6) is 0 Å². The standard InChI is InChI=1S/C23H20N8O.C13H8N4.C12H20BrNOSi.C10H12N4O.C10H13NO2.C4H6O/c24-12-15-4-1-5-16(10-15)18-11-19(28-22(25)27-18)20-14-31(30-29-20)13-17-6-2-7-21(26-17)23(32)8-3-9-23;1-2-11-7-12(17-13(15)16-11)10-5-3-4-9(6-10)8-14;1-12(2,3)16(4,5)15-9-10-7-6-8-11(13)14-10;11-14-12-7-8-3-1-4-9(13-8)10(15)5-2-6-10;12-7-8-3-1-4-9(11-8)10(13)5-2-6-10;5-4-2-1-3-4/h1-2,4-7,10-11,14,32H,3,8-9,13H2,(H2,25,27,28);1,3-7H,(H2,15,16,17);6-8H,9H2,1-5H3;1,3-4,15H,2,5-7H2;1,3-4,12-13H,2,5-7H2;1-3H2. The molecule has 4 aliphatic carbocycles. The van der Waals surface area contributed by atoms with E-state index in [1.165, 1.54) is 0 Å². The molecule has 0 aliphatic heterocycles. The first-order valence-electron chi connectivity index (χ1n) is 32.0. The fourth-order valence-electron chi connectivity index (χ4n) is 9.80. The van der Waals surface area contributed by atoms with Crippen LogP contribution in [0.4, 0.5) is 11.9 Å². The molecule has 0 radical (unpaired) electrons. The zero-order valence-corrected chi connectivity index (χ0v) is 58.0. The molecule has 98 heavy (non-hydrogen) atoms. The van der Waals surface area contributed by atoms with Crippen LogP contribution in [0.1, 0.15) is 154 Å². The Morgan fingerprint density at radius 2 is 1.11 bits per heavy atom. The lowest BCUT2D eigenvalue weighted by Gasteiger charge is -2.36. The van der Waals surface area contributed by atoms with E-state index in [4.69, 9.17) is 43.5 Å². The number of pyridine rings is 4. The Bertz CT molecular complexity index is 4400. The number of halogens is 1. The summed E-state index contributed by atoms with van der Waals surface area (Å²) in [6.07, 6.45) is 17.6. The summed E-state index contributed by atoms with van der Waals surface area (Å²) in [6, 6.07) is 44.2. The lowest BCUT2D eigenvalue weighted by atomic mass is 9.77. The Labute approximate surface area is 579 Å². The molecule has 24 nitrogen and oxygen atoms in total. The lowest BCUT2D eigenvalue weighted by Crippen LogP contribution is -2.40. The van der Waals surface area contributed by atoms with Crippen LogP contribution < -0.4 is 11.5 Å². The molecule has 504 valence electrons. The van der Waals surface area contributed by atoms with Gasteiger partial charge in [-0.05, 0) is 189 Å². The van der Waals surface area contributed by atoms with Gasteiger partial charge >= 0.3 is 0 Å². The number of carbonyl (C=O) groups excluding carboxylic acids is 1. The van der Waals surface area contributed by atoms with Crippen molar-refractivity contribution in [3.8, 4) is 58.4 Å². The normalized spacial score (nSPS) is 14.9. The minimum atomic E-state index is -1.66. The van der Waals surface area contributed by atoms with E-state index < -0.39 is 25.1 Å². The van der Waals surface area contributed by atoms with Gasteiger partial charge in [-0.25, -0.2) is 29.6 Å². The number of carbonyl (C=O) groups is 1. The molecule has 0 saturated heterocycles. The molecule has 26 heteroatoms. The highest BCUT2D eigenvalue weighted by molar-refractivity contribution is 9.10. The molecule has 8 N–H and O–H groups in total. The molecule has 4 aliphatic rings. The number of aliphatic hydroxyl groups excluding tert-OH is 1. The van der Waals surface area contributed by atoms with Crippen LogP contribution in [0.3, 0.4) is 0 Å². The van der Waals surface area contributed by atoms with Gasteiger partial charge in [0, 0.05) is 34.6 Å². The topological polar surface area (TPSA) is 389 Å². The summed E-state index contributed by atoms with van der Waals surface area (Å²) in [5, 5.41) is 69.6. The number of Topliss-reactive ketones (excluding diaryl/α,β-unsaturated/α-hetero) is 1. The lowest BCUT2D eigenvalue weighted by molar-refractivity contribution is -0.123. The largest absolute Gasteiger partial charge is 0.411 e. The van der Waals surface area contributed by atoms with Crippen molar-refractivity contribution < 1.29 is 29.6 Å². The average molecular weight is 1400 g/mol. The number of hydrogen-bond donors (Lipinski definition) is 6. The van der Waals surface area contributed by atoms with Crippen LogP contribution in [0, 0.1) is 35.0 Å². The van der Waals surface area contributed by atoms with E-state index in [1.54, 1.807) is 71.5 Å². The molecule has 13 rings (SSSR count). The highest BCUT2D eigenvalue weighted by Crippen LogP contribution is 2.42. The summed E-state index contributed by atoms with van der Waals surface area (Å²) in [6.45, 7) is 12.4. The van der Waals surface area contributed by atoms with Crippen molar-refractivity contribution in [1.29, 1.82) is 10.5 Å². The number of nitrogens with two attached hydrogens (primary N) is 2. The van der Waals surface area contributed by atoms with Gasteiger partial charge in [0.15, 0.2) is 8.32 Å². The Hall–Kier alpha value is -10.0. The maximum atomic E-state index is 10.6. The number of nitrogen functional groups attached to an aromatic ring is 2. The van der Waals surface area contributed by atoms with Gasteiger partial charge in [0.05, 0.1) is 107 Å². The molecule has 9 aromatic rings. The molecule has 0 atom stereocenters. The van der Waals surface area contributed by atoms with Crippen LogP contribution >= 0.6 is 15.9 Å². The summed E-state index contributed by atoms with van der Waals surface area (Å²) < 4.78 is 8.62. The highest BCUT2D eigenvalue weighted by Gasteiger charge is 2.40. The number of aliphatic hydroxyl groups is 4. The number of azide groups is 1. The third-order valence-electron chi connectivity index (χ3n) is 17.3. The smallest absolute Gasteiger partial charge is 0.221 e. The maximum Gasteiger partial charge on any atom is 0.221 e. The van der Waals surface area contributed by atoms with Gasteiger partial charge in [-0.1, -0.05) is 85.6 Å². The number of aromatic nitrogens is 11. The van der Waals surface area contributed by atoms with Crippen LogP contribution in [0.15, 0.2) is 149 Å². The van der Waals surface area contributed by atoms with E-state index in [2.05, 4.69) is 128 Å². The summed E-state index contributed by atoms with van der Waals surface area (Å²) in [5.41, 5.74) is 28.0. The number of benzene rings is 2. The second-order valence-corrected chi connectivity index (χ2v) is 31.1. The Balaban J connectivity index is 0.000000160. The van der Waals surface area contributed by atoms with Crippen molar-refractivity contribution >= 4 is 41.9 Å². The number of nitriles is 2. The molecular formula is C72H79BrN18O6Si. The van der Waals surface area contributed by atoms with E-state index in [1.807, 2.05) is 72.8 Å². The van der Waals surface area contributed by atoms with Gasteiger partial charge < -0.3 is 36.3 Å². The monoisotopic (exact) mass is 1400 g/mol. The van der Waals surface area contributed by atoms with Gasteiger partial charge in [-0.15, -0.1) is 11.5 Å². The summed E-state index contributed by atoms with van der Waals surface area (Å²) in [7, 11) is -1.66. The van der Waals surface area contributed by atoms with Crippen molar-refractivity contribution in [2.24, 2.45) is 5.11 Å². The molecule has 7 heterocycles. The van der Waals surface area contributed by atoms with Crippen LogP contribution in [0.25, 0.3) is 44.3 Å². The zero-order valence-electron chi connectivity index (χ0n) is 55.5. The first-order chi connectivity index (χ1) is 46.8. The molecule has 0 spiro atoms. The first-order valence-corrected chi connectivity index (χ1v) is 35.7. The van der Waals surface area contributed by atoms with Crippen LogP contribution in [-0.4, -0.2) is 89.4 Å². The highest BCUT2D eigenvalue weighted by atomic mass is 79.9. The van der Waals surface area contributed by atoms with Gasteiger partial charge in [0.25, 0.3) is 0 Å². The maximum absolute atomic E-state index is 10.6. The molecule has 0 amide bonds. The molecule has 4 fully saturated rings. The fraction of sp³-hybridized carbons (Fsp3) is 0.347. The minimum absolute atomic E-state index is 0.0656. The summed E-state index contributed by atoms with van der Waals surface area (Å²) >= 11 is 3.37. The zero-order chi connectivity index (χ0) is 70.5. The van der Waals surface area contributed by atoms with E-state index >= 15 is 0 Å². The quantitative estimate of drug-likeness (QED) is 0.0147. The Morgan fingerprint density at radius 3 is 1.58 bits per heavy atom. The summed E-state index contributed by atoms with van der Waals surface area (Å²) in [5.74, 6) is 3.08. The predicted octanol–water partition coefficient (Wildman–Crippen LogP) is 12.6. The Morgan fingerprint density at radius 1 is 0.643 bits per heavy atom. The average Bonchev–Trinajstić information content (AvgIpc) is 0.947. The third-order valence-corrected chi connectivity index (χ3v) is 22.2. The second kappa shape index (κ2) is 33.8. The molecule has 7 aromatic heterocycles. The predicted molar refractivity (Wildman–Crippen MR) is 377 cm³/mol. The van der Waals surface area contributed by atoms with Gasteiger partial charge in [-0.3, -0.25) is 19.7 Å². The molecule has 4 saturated carbocycles. The second-order valence-electron chi connectivity index (χ2n) is 25.5. The third kappa shape index (κ3) is 20.5. The van der Waals surface area contributed by atoms with Crippen LogP contribution in [0.2, 0.25) is 18.1 Å². The van der Waals surface area contributed by atoms with E-state index in [9.17, 15) is 20.1 Å². The van der Waals surface area contributed by atoms with Gasteiger partial charge in [0.1, 0.15) is 38.6 Å².